The molecular weight excluding hydrogens is 437 g/mol. The van der Waals surface area contributed by atoms with Crippen molar-refractivity contribution in [2.45, 2.75) is 30.3 Å². The molecule has 5 rings (SSSR count). The Labute approximate surface area is 194 Å². The molecule has 0 spiro atoms. The van der Waals surface area contributed by atoms with Crippen LogP contribution in [0.1, 0.15) is 24.0 Å². The molecule has 4 aromatic rings. The molecule has 0 atom stereocenters. The van der Waals surface area contributed by atoms with Gasteiger partial charge in [0.15, 0.2) is 5.16 Å². The summed E-state index contributed by atoms with van der Waals surface area (Å²) in [5, 5.41) is 1.17. The largest absolute Gasteiger partial charge is 0.312 e. The van der Waals surface area contributed by atoms with Crippen LogP contribution < -0.4 is 10.5 Å². The minimum absolute atomic E-state index is 0.115. The predicted molar refractivity (Wildman–Crippen MR) is 129 cm³/mol. The van der Waals surface area contributed by atoms with E-state index >= 15 is 0 Å². The molecule has 1 amide bonds. The first kappa shape index (κ1) is 21.4. The van der Waals surface area contributed by atoms with Gasteiger partial charge in [0, 0.05) is 24.4 Å². The van der Waals surface area contributed by atoms with E-state index in [1.807, 2.05) is 47.4 Å². The summed E-state index contributed by atoms with van der Waals surface area (Å²) >= 11 is 1.49. The number of rotatable bonds is 6. The lowest BCUT2D eigenvalue weighted by Crippen LogP contribution is -2.24. The maximum absolute atomic E-state index is 13.3. The van der Waals surface area contributed by atoms with Crippen molar-refractivity contribution in [3.05, 3.63) is 100 Å². The van der Waals surface area contributed by atoms with Crippen molar-refractivity contribution >= 4 is 34.3 Å². The molecule has 1 aliphatic heterocycles. The molecule has 0 unspecified atom stereocenters. The Balaban J connectivity index is 1.42. The second kappa shape index (κ2) is 9.19. The summed E-state index contributed by atoms with van der Waals surface area (Å²) in [6.45, 7) is 1.08. The van der Waals surface area contributed by atoms with Gasteiger partial charge in [0.2, 0.25) is 5.91 Å². The summed E-state index contributed by atoms with van der Waals surface area (Å²) in [6, 6.07) is 21.4. The van der Waals surface area contributed by atoms with Crippen LogP contribution in [0.5, 0.6) is 0 Å². The number of anilines is 1. The zero-order chi connectivity index (χ0) is 22.8. The van der Waals surface area contributed by atoms with Crippen LogP contribution in [0.25, 0.3) is 10.9 Å². The molecule has 2 heterocycles. The maximum atomic E-state index is 13.3. The van der Waals surface area contributed by atoms with Gasteiger partial charge in [0.1, 0.15) is 5.82 Å². The Morgan fingerprint density at radius 2 is 1.64 bits per heavy atom. The van der Waals surface area contributed by atoms with Crippen molar-refractivity contribution in [1.29, 1.82) is 0 Å². The minimum atomic E-state index is -0.309. The summed E-state index contributed by atoms with van der Waals surface area (Å²) in [5.74, 6) is 0.487. The number of aromatic nitrogens is 2. The number of carbonyl (C=O) groups excluding carboxylic acids is 1. The summed E-state index contributed by atoms with van der Waals surface area (Å²) in [6.07, 6.45) is 1.51. The van der Waals surface area contributed by atoms with Gasteiger partial charge in [-0.15, -0.1) is 0 Å². The average molecular weight is 460 g/mol. The Morgan fingerprint density at radius 1 is 0.909 bits per heavy atom. The molecule has 0 bridgehead atoms. The molecule has 0 radical (unpaired) electrons. The van der Waals surface area contributed by atoms with E-state index in [-0.39, 0.29) is 17.3 Å². The molecular formula is C26H22FN3O2S. The highest BCUT2D eigenvalue weighted by Gasteiger charge is 2.21. The predicted octanol–water partition coefficient (Wildman–Crippen LogP) is 5.00. The Bertz CT molecular complexity index is 1370. The third-order valence-electron chi connectivity index (χ3n) is 5.77. The number of hydrogen-bond acceptors (Lipinski definition) is 4. The number of benzene rings is 3. The number of para-hydroxylation sites is 1. The fraction of sp³-hybridized carbons (Fsp3) is 0.192. The number of fused-ring (bicyclic) bond motifs is 1. The molecule has 1 aliphatic rings. The average Bonchev–Trinajstić information content (AvgIpc) is 3.27. The van der Waals surface area contributed by atoms with Crippen molar-refractivity contribution in [3.63, 3.8) is 0 Å². The minimum Gasteiger partial charge on any atom is -0.312 e. The normalized spacial score (nSPS) is 13.7. The van der Waals surface area contributed by atoms with E-state index in [1.165, 1.54) is 23.9 Å². The molecule has 5 nitrogen and oxygen atoms in total. The van der Waals surface area contributed by atoms with Crippen LogP contribution in [0.4, 0.5) is 10.1 Å². The fourth-order valence-electron chi connectivity index (χ4n) is 4.01. The number of amides is 1. The molecule has 0 saturated carbocycles. The van der Waals surface area contributed by atoms with E-state index in [1.54, 1.807) is 22.8 Å². The molecule has 3 aromatic carbocycles. The van der Waals surface area contributed by atoms with E-state index in [2.05, 4.69) is 0 Å². The SMILES string of the molecule is O=C1CCCN1c1ccc(CSc2nc3ccccc3c(=O)n2Cc2ccc(F)cc2)cc1. The van der Waals surface area contributed by atoms with Crippen molar-refractivity contribution < 1.29 is 9.18 Å². The molecule has 1 aromatic heterocycles. The number of halogens is 1. The lowest BCUT2D eigenvalue weighted by Gasteiger charge is -2.16. The third-order valence-corrected chi connectivity index (χ3v) is 6.82. The first-order chi connectivity index (χ1) is 16.1. The zero-order valence-electron chi connectivity index (χ0n) is 17.9. The Morgan fingerprint density at radius 3 is 2.36 bits per heavy atom. The number of hydrogen-bond donors (Lipinski definition) is 0. The smallest absolute Gasteiger partial charge is 0.262 e. The Hall–Kier alpha value is -3.45. The van der Waals surface area contributed by atoms with Gasteiger partial charge in [-0.05, 0) is 53.9 Å². The first-order valence-corrected chi connectivity index (χ1v) is 11.8. The van der Waals surface area contributed by atoms with Crippen LogP contribution in [0.3, 0.4) is 0 Å². The zero-order valence-corrected chi connectivity index (χ0v) is 18.7. The number of nitrogens with zero attached hydrogens (tertiary/aromatic N) is 3. The summed E-state index contributed by atoms with van der Waals surface area (Å²) in [4.78, 5) is 31.8. The highest BCUT2D eigenvalue weighted by Crippen LogP contribution is 2.26. The fourth-order valence-corrected chi connectivity index (χ4v) is 4.97. The molecule has 1 saturated heterocycles. The van der Waals surface area contributed by atoms with Crippen LogP contribution in [0, 0.1) is 5.82 Å². The summed E-state index contributed by atoms with van der Waals surface area (Å²) in [7, 11) is 0. The quantitative estimate of drug-likeness (QED) is 0.301. The molecule has 33 heavy (non-hydrogen) atoms. The summed E-state index contributed by atoms with van der Waals surface area (Å²) in [5.41, 5.74) is 3.37. The molecule has 0 aliphatic carbocycles. The summed E-state index contributed by atoms with van der Waals surface area (Å²) < 4.78 is 15.0. The lowest BCUT2D eigenvalue weighted by molar-refractivity contribution is -0.117. The van der Waals surface area contributed by atoms with E-state index in [0.29, 0.717) is 34.8 Å². The number of carbonyl (C=O) groups is 1. The van der Waals surface area contributed by atoms with Crippen LogP contribution >= 0.6 is 11.8 Å². The third kappa shape index (κ3) is 4.54. The number of thioether (sulfide) groups is 1. The monoisotopic (exact) mass is 459 g/mol. The van der Waals surface area contributed by atoms with Crippen molar-refractivity contribution in [1.82, 2.24) is 9.55 Å². The second-order valence-corrected chi connectivity index (χ2v) is 8.98. The van der Waals surface area contributed by atoms with Gasteiger partial charge >= 0.3 is 0 Å². The van der Waals surface area contributed by atoms with Gasteiger partial charge in [-0.25, -0.2) is 9.37 Å². The van der Waals surface area contributed by atoms with E-state index < -0.39 is 0 Å². The van der Waals surface area contributed by atoms with E-state index in [9.17, 15) is 14.0 Å². The Kier molecular flexibility index (Phi) is 5.96. The van der Waals surface area contributed by atoms with Gasteiger partial charge < -0.3 is 4.90 Å². The van der Waals surface area contributed by atoms with Crippen LogP contribution in [-0.4, -0.2) is 22.0 Å². The van der Waals surface area contributed by atoms with Gasteiger partial charge in [-0.1, -0.05) is 48.2 Å². The molecule has 0 N–H and O–H groups in total. The van der Waals surface area contributed by atoms with Crippen LogP contribution in [0.2, 0.25) is 0 Å². The van der Waals surface area contributed by atoms with Crippen LogP contribution in [-0.2, 0) is 17.1 Å². The molecule has 1 fully saturated rings. The van der Waals surface area contributed by atoms with Crippen molar-refractivity contribution in [2.24, 2.45) is 0 Å². The van der Waals surface area contributed by atoms with E-state index in [4.69, 9.17) is 4.98 Å². The van der Waals surface area contributed by atoms with Crippen molar-refractivity contribution in [2.75, 3.05) is 11.4 Å². The van der Waals surface area contributed by atoms with Gasteiger partial charge in [0.05, 0.1) is 17.4 Å². The first-order valence-electron chi connectivity index (χ1n) is 10.8. The molecule has 166 valence electrons. The standard InChI is InChI=1S/C26H22FN3O2S/c27-20-11-7-18(8-12-20)16-30-25(32)22-4-1-2-5-23(22)28-26(30)33-17-19-9-13-21(14-10-19)29-15-3-6-24(29)31/h1-2,4-5,7-14H,3,6,15-17H2. The maximum Gasteiger partial charge on any atom is 0.262 e. The van der Waals surface area contributed by atoms with Gasteiger partial charge in [0.25, 0.3) is 5.56 Å². The van der Waals surface area contributed by atoms with Gasteiger partial charge in [-0.2, -0.15) is 0 Å². The topological polar surface area (TPSA) is 55.2 Å². The van der Waals surface area contributed by atoms with E-state index in [0.717, 1.165) is 29.8 Å². The highest BCUT2D eigenvalue weighted by molar-refractivity contribution is 7.98. The molecule has 7 heteroatoms. The highest BCUT2D eigenvalue weighted by atomic mass is 32.2. The second-order valence-electron chi connectivity index (χ2n) is 8.03. The van der Waals surface area contributed by atoms with Gasteiger partial charge in [-0.3, -0.25) is 14.2 Å². The van der Waals surface area contributed by atoms with Crippen molar-refractivity contribution in [3.8, 4) is 0 Å². The lowest BCUT2D eigenvalue weighted by atomic mass is 10.2. The van der Waals surface area contributed by atoms with Crippen LogP contribution in [0.15, 0.2) is 82.7 Å².